The summed E-state index contributed by atoms with van der Waals surface area (Å²) in [5.41, 5.74) is 2.84. The predicted molar refractivity (Wildman–Crippen MR) is 95.3 cm³/mol. The summed E-state index contributed by atoms with van der Waals surface area (Å²) in [5, 5.41) is 2.75. The van der Waals surface area contributed by atoms with Gasteiger partial charge in [-0.25, -0.2) is 0 Å². The first kappa shape index (κ1) is 18.5. The van der Waals surface area contributed by atoms with Gasteiger partial charge in [-0.2, -0.15) is 0 Å². The lowest BCUT2D eigenvalue weighted by molar-refractivity contribution is -0.154. The van der Waals surface area contributed by atoms with E-state index in [0.717, 1.165) is 16.7 Å². The zero-order valence-electron chi connectivity index (χ0n) is 14.7. The standard InChI is InChI=1S/C20H23NO4/c1-14-8-10-16(11-9-14)12-19(22)25-15(2)20(23)21-13-17-6-4-5-7-18(17)24-3/h4-11,15H,12-13H2,1-3H3,(H,21,23)/t15-/m1/s1. The Labute approximate surface area is 148 Å². The second-order valence-corrected chi connectivity index (χ2v) is 5.82. The average Bonchev–Trinajstić information content (AvgIpc) is 2.61. The van der Waals surface area contributed by atoms with E-state index in [4.69, 9.17) is 9.47 Å². The van der Waals surface area contributed by atoms with Crippen LogP contribution in [0.1, 0.15) is 23.6 Å². The Balaban J connectivity index is 1.83. The Hall–Kier alpha value is -2.82. The molecule has 2 aromatic rings. The minimum absolute atomic E-state index is 0.143. The molecule has 0 heterocycles. The monoisotopic (exact) mass is 341 g/mol. The van der Waals surface area contributed by atoms with Crippen molar-refractivity contribution >= 4 is 11.9 Å². The fourth-order valence-corrected chi connectivity index (χ4v) is 2.34. The van der Waals surface area contributed by atoms with Crippen LogP contribution in [-0.2, 0) is 27.3 Å². The van der Waals surface area contributed by atoms with Gasteiger partial charge in [-0.05, 0) is 25.5 Å². The van der Waals surface area contributed by atoms with E-state index in [9.17, 15) is 9.59 Å². The van der Waals surface area contributed by atoms with Crippen LogP contribution in [0.4, 0.5) is 0 Å². The molecule has 5 heteroatoms. The third kappa shape index (κ3) is 5.64. The van der Waals surface area contributed by atoms with Crippen LogP contribution < -0.4 is 10.1 Å². The van der Waals surface area contributed by atoms with Gasteiger partial charge in [0.15, 0.2) is 6.10 Å². The van der Waals surface area contributed by atoms with Gasteiger partial charge in [-0.15, -0.1) is 0 Å². The second-order valence-electron chi connectivity index (χ2n) is 5.82. The zero-order valence-corrected chi connectivity index (χ0v) is 14.7. The van der Waals surface area contributed by atoms with E-state index in [1.807, 2.05) is 55.5 Å². The Kier molecular flexibility index (Phi) is 6.57. The van der Waals surface area contributed by atoms with Crippen LogP contribution in [0.2, 0.25) is 0 Å². The SMILES string of the molecule is COc1ccccc1CNC(=O)[C@@H](C)OC(=O)Cc1ccc(C)cc1. The Bertz CT molecular complexity index is 725. The van der Waals surface area contributed by atoms with E-state index >= 15 is 0 Å². The van der Waals surface area contributed by atoms with E-state index in [-0.39, 0.29) is 12.3 Å². The van der Waals surface area contributed by atoms with Gasteiger partial charge in [-0.3, -0.25) is 9.59 Å². The second kappa shape index (κ2) is 8.87. The Morgan fingerprint density at radius 3 is 2.44 bits per heavy atom. The summed E-state index contributed by atoms with van der Waals surface area (Å²) in [6.07, 6.45) is -0.711. The molecule has 0 saturated carbocycles. The van der Waals surface area contributed by atoms with Crippen molar-refractivity contribution in [2.24, 2.45) is 0 Å². The molecule has 132 valence electrons. The average molecular weight is 341 g/mol. The number of para-hydroxylation sites is 1. The third-order valence-electron chi connectivity index (χ3n) is 3.79. The molecule has 0 aromatic heterocycles. The molecule has 1 amide bonds. The van der Waals surface area contributed by atoms with Gasteiger partial charge in [0.2, 0.25) is 0 Å². The van der Waals surface area contributed by atoms with Crippen molar-refractivity contribution in [1.29, 1.82) is 0 Å². The summed E-state index contributed by atoms with van der Waals surface area (Å²) in [5.74, 6) is -0.0706. The van der Waals surface area contributed by atoms with E-state index in [2.05, 4.69) is 5.32 Å². The lowest BCUT2D eigenvalue weighted by Gasteiger charge is -2.14. The number of nitrogens with one attached hydrogen (secondary N) is 1. The highest BCUT2D eigenvalue weighted by molar-refractivity contribution is 5.83. The molecule has 0 saturated heterocycles. The molecule has 0 radical (unpaired) electrons. The van der Waals surface area contributed by atoms with Crippen molar-refractivity contribution < 1.29 is 19.1 Å². The summed E-state index contributed by atoms with van der Waals surface area (Å²) in [4.78, 5) is 24.1. The van der Waals surface area contributed by atoms with Crippen molar-refractivity contribution in [3.63, 3.8) is 0 Å². The highest BCUT2D eigenvalue weighted by atomic mass is 16.5. The van der Waals surface area contributed by atoms with Gasteiger partial charge >= 0.3 is 5.97 Å². The molecule has 0 unspecified atom stereocenters. The normalized spacial score (nSPS) is 11.5. The molecule has 1 N–H and O–H groups in total. The van der Waals surface area contributed by atoms with Crippen LogP contribution in [0.15, 0.2) is 48.5 Å². The first-order valence-corrected chi connectivity index (χ1v) is 8.14. The molecule has 2 rings (SSSR count). The van der Waals surface area contributed by atoms with Crippen molar-refractivity contribution in [2.75, 3.05) is 7.11 Å². The smallest absolute Gasteiger partial charge is 0.311 e. The number of carbonyl (C=O) groups is 2. The van der Waals surface area contributed by atoms with Gasteiger partial charge in [0, 0.05) is 12.1 Å². The van der Waals surface area contributed by atoms with Crippen LogP contribution in [0.25, 0.3) is 0 Å². The van der Waals surface area contributed by atoms with E-state index < -0.39 is 12.1 Å². The first-order chi connectivity index (χ1) is 12.0. The van der Waals surface area contributed by atoms with Crippen molar-refractivity contribution in [2.45, 2.75) is 32.9 Å². The van der Waals surface area contributed by atoms with E-state index in [1.54, 1.807) is 14.0 Å². The zero-order chi connectivity index (χ0) is 18.2. The fraction of sp³-hybridized carbons (Fsp3) is 0.300. The predicted octanol–water partition coefficient (Wildman–Crippen LogP) is 2.79. The largest absolute Gasteiger partial charge is 0.496 e. The molecule has 1 atom stereocenters. The molecule has 0 aliphatic carbocycles. The number of rotatable bonds is 7. The van der Waals surface area contributed by atoms with Crippen LogP contribution >= 0.6 is 0 Å². The fourth-order valence-electron chi connectivity index (χ4n) is 2.34. The number of amides is 1. The summed E-state index contributed by atoms with van der Waals surface area (Å²) in [6.45, 7) is 3.85. The molecule has 5 nitrogen and oxygen atoms in total. The molecule has 2 aromatic carbocycles. The number of hydrogen-bond acceptors (Lipinski definition) is 4. The Morgan fingerprint density at radius 2 is 1.76 bits per heavy atom. The molecule has 0 aliphatic heterocycles. The van der Waals surface area contributed by atoms with Crippen molar-refractivity contribution in [3.05, 3.63) is 65.2 Å². The van der Waals surface area contributed by atoms with Gasteiger partial charge < -0.3 is 14.8 Å². The molecular weight excluding hydrogens is 318 g/mol. The van der Waals surface area contributed by atoms with Crippen LogP contribution in [0.5, 0.6) is 5.75 Å². The maximum absolute atomic E-state index is 12.1. The maximum atomic E-state index is 12.1. The molecule has 25 heavy (non-hydrogen) atoms. The maximum Gasteiger partial charge on any atom is 0.311 e. The molecular formula is C20H23NO4. The van der Waals surface area contributed by atoms with Gasteiger partial charge in [0.1, 0.15) is 5.75 Å². The van der Waals surface area contributed by atoms with E-state index in [0.29, 0.717) is 12.3 Å². The third-order valence-corrected chi connectivity index (χ3v) is 3.79. The molecule has 0 spiro atoms. The summed E-state index contributed by atoms with van der Waals surface area (Å²) in [7, 11) is 1.58. The quantitative estimate of drug-likeness (QED) is 0.787. The number of hydrogen-bond donors (Lipinski definition) is 1. The van der Waals surface area contributed by atoms with Crippen molar-refractivity contribution in [1.82, 2.24) is 5.32 Å². The minimum Gasteiger partial charge on any atom is -0.496 e. The molecule has 0 bridgehead atoms. The van der Waals surface area contributed by atoms with Crippen molar-refractivity contribution in [3.8, 4) is 5.75 Å². The van der Waals surface area contributed by atoms with Crippen LogP contribution in [0.3, 0.4) is 0 Å². The van der Waals surface area contributed by atoms with Crippen LogP contribution in [0, 0.1) is 6.92 Å². The highest BCUT2D eigenvalue weighted by Gasteiger charge is 2.18. The minimum atomic E-state index is -0.854. The number of carbonyl (C=O) groups excluding carboxylic acids is 2. The molecule has 0 fully saturated rings. The highest BCUT2D eigenvalue weighted by Crippen LogP contribution is 2.16. The summed E-state index contributed by atoms with van der Waals surface area (Å²) >= 11 is 0. The van der Waals surface area contributed by atoms with Gasteiger partial charge in [0.05, 0.1) is 13.5 Å². The van der Waals surface area contributed by atoms with E-state index in [1.165, 1.54) is 0 Å². The van der Waals surface area contributed by atoms with Crippen LogP contribution in [-0.4, -0.2) is 25.1 Å². The van der Waals surface area contributed by atoms with Gasteiger partial charge in [-0.1, -0.05) is 48.0 Å². The number of benzene rings is 2. The number of ether oxygens (including phenoxy) is 2. The van der Waals surface area contributed by atoms with Gasteiger partial charge in [0.25, 0.3) is 5.91 Å². The number of methoxy groups -OCH3 is 1. The summed E-state index contributed by atoms with van der Waals surface area (Å²) < 4.78 is 10.4. The lowest BCUT2D eigenvalue weighted by atomic mass is 10.1. The topological polar surface area (TPSA) is 64.6 Å². The summed E-state index contributed by atoms with van der Waals surface area (Å²) in [6, 6.07) is 15.1. The first-order valence-electron chi connectivity index (χ1n) is 8.14. The molecule has 0 aliphatic rings. The number of aryl methyl sites for hydroxylation is 1. The lowest BCUT2D eigenvalue weighted by Crippen LogP contribution is -2.35. The Morgan fingerprint density at radius 1 is 1.08 bits per heavy atom. The number of esters is 1.